The number of amidine groups is 1. The molecule has 0 radical (unpaired) electrons. The first-order valence-corrected chi connectivity index (χ1v) is 22.6. The molecule has 0 fully saturated rings. The van der Waals surface area contributed by atoms with Crippen LogP contribution in [0.15, 0.2) is 76.4 Å². The standard InChI is InChI=1S/C11H16.C10H14.C8H18N2.C8H13N.C7H16.C5H12.C4H10.CH4/c1-9(2)8-11-6-4-10(3)5-7-11;1-9(2)8-10-6-4-3-5-7-10;1-7(2)5-4-6-10-8(3)9;1-7(2)6-8-4-3-5-9-8;1-5-7(4)6(2)3;1-4-5(2)3;1-4(2)3;/h4-7,9H,8H2,1-3H3;3-7,9H,8H2,1-2H3;7H,4-6H2,1-3H3,(H2,9,10);4-5,7H,3,6H2,1-2H3;6-7H,5H2,1-4H3;5H,4H2,1-3H3;4H,1-3H3;1H4/t;;;;7-;;;/m....1.../s1. The minimum absolute atomic E-state index is 0. The highest BCUT2D eigenvalue weighted by Gasteiger charge is 2.02. The van der Waals surface area contributed by atoms with E-state index < -0.39 is 0 Å². The Morgan fingerprint density at radius 3 is 1.37 bits per heavy atom. The fourth-order valence-electron chi connectivity index (χ4n) is 4.47. The highest BCUT2D eigenvalue weighted by molar-refractivity contribution is 5.77. The monoisotopic (exact) mass is 794 g/mol. The molecule has 1 aliphatic rings. The predicted octanol–water partition coefficient (Wildman–Crippen LogP) is 17.3. The maximum atomic E-state index is 5.36. The highest BCUT2D eigenvalue weighted by Crippen LogP contribution is 2.15. The zero-order valence-corrected chi connectivity index (χ0v) is 41.3. The molecule has 0 amide bonds. The maximum Gasteiger partial charge on any atom is 0.0905 e. The van der Waals surface area contributed by atoms with Gasteiger partial charge in [-0.1, -0.05) is 211 Å². The maximum absolute atomic E-state index is 5.36. The molecule has 0 aromatic heterocycles. The largest absolute Gasteiger partial charge is 0.388 e. The zero-order chi connectivity index (χ0) is 44.1. The normalized spacial score (nSPS) is 12.1. The van der Waals surface area contributed by atoms with Gasteiger partial charge in [0.1, 0.15) is 0 Å². The number of hydrogen-bond donors (Lipinski definition) is 1. The summed E-state index contributed by atoms with van der Waals surface area (Å²) in [5.74, 6) is 7.24. The summed E-state index contributed by atoms with van der Waals surface area (Å²) in [5.41, 5.74) is 10.9. The number of benzene rings is 2. The summed E-state index contributed by atoms with van der Waals surface area (Å²) >= 11 is 0. The molecule has 0 bridgehead atoms. The quantitative estimate of drug-likeness (QED) is 0.123. The van der Waals surface area contributed by atoms with Gasteiger partial charge in [0.15, 0.2) is 0 Å². The van der Waals surface area contributed by atoms with Crippen molar-refractivity contribution in [2.24, 2.45) is 63.1 Å². The molecule has 57 heavy (non-hydrogen) atoms. The van der Waals surface area contributed by atoms with Crippen molar-refractivity contribution in [1.82, 2.24) is 0 Å². The van der Waals surface area contributed by atoms with Crippen LogP contribution in [0.2, 0.25) is 0 Å². The van der Waals surface area contributed by atoms with E-state index in [0.29, 0.717) is 5.84 Å². The third-order valence-electron chi connectivity index (χ3n) is 8.48. The smallest absolute Gasteiger partial charge is 0.0905 e. The molecule has 0 saturated heterocycles. The summed E-state index contributed by atoms with van der Waals surface area (Å²) < 4.78 is 0. The highest BCUT2D eigenvalue weighted by atomic mass is 14.8. The molecule has 2 N–H and O–H groups in total. The number of rotatable bonds is 13. The van der Waals surface area contributed by atoms with Crippen LogP contribution in [0.25, 0.3) is 0 Å². The second-order valence-electron chi connectivity index (χ2n) is 18.7. The van der Waals surface area contributed by atoms with E-state index in [9.17, 15) is 0 Å². The molecular weight excluding hydrogens is 691 g/mol. The summed E-state index contributed by atoms with van der Waals surface area (Å²) in [4.78, 5) is 8.30. The van der Waals surface area contributed by atoms with Crippen molar-refractivity contribution in [2.45, 2.75) is 197 Å². The van der Waals surface area contributed by atoms with Crippen molar-refractivity contribution in [3.05, 3.63) is 83.1 Å². The minimum Gasteiger partial charge on any atom is -0.388 e. The van der Waals surface area contributed by atoms with E-state index >= 15 is 0 Å². The van der Waals surface area contributed by atoms with Gasteiger partial charge in [0.05, 0.1) is 5.84 Å². The molecule has 3 rings (SSSR count). The van der Waals surface area contributed by atoms with Gasteiger partial charge in [-0.3, -0.25) is 9.98 Å². The molecule has 1 heterocycles. The van der Waals surface area contributed by atoms with Crippen LogP contribution >= 0.6 is 0 Å². The molecule has 0 aliphatic carbocycles. The van der Waals surface area contributed by atoms with Crippen molar-refractivity contribution >= 4 is 12.1 Å². The molecule has 0 saturated carbocycles. The Bertz CT molecular complexity index is 1160. The van der Waals surface area contributed by atoms with Gasteiger partial charge >= 0.3 is 0 Å². The minimum atomic E-state index is 0. The fourth-order valence-corrected chi connectivity index (χ4v) is 4.47. The summed E-state index contributed by atoms with van der Waals surface area (Å²) in [7, 11) is 0. The van der Waals surface area contributed by atoms with Gasteiger partial charge in [-0.25, -0.2) is 0 Å². The number of aryl methyl sites for hydroxylation is 1. The number of allylic oxidation sites excluding steroid dienone is 2. The van der Waals surface area contributed by atoms with E-state index in [0.717, 1.165) is 73.2 Å². The number of nitrogens with zero attached hydrogens (tertiary/aromatic N) is 2. The zero-order valence-electron chi connectivity index (χ0n) is 41.3. The van der Waals surface area contributed by atoms with Crippen molar-refractivity contribution in [3.8, 4) is 0 Å². The van der Waals surface area contributed by atoms with Crippen LogP contribution in [-0.4, -0.2) is 18.6 Å². The molecule has 3 heteroatoms. The van der Waals surface area contributed by atoms with Crippen LogP contribution in [0, 0.1) is 54.3 Å². The number of aliphatic imine (C=N–C) groups is 2. The van der Waals surface area contributed by atoms with Gasteiger partial charge in [0, 0.05) is 24.9 Å². The average molecular weight is 794 g/mol. The Morgan fingerprint density at radius 1 is 0.632 bits per heavy atom. The molecule has 0 spiro atoms. The van der Waals surface area contributed by atoms with Gasteiger partial charge in [-0.05, 0) is 104 Å². The SMILES string of the molecule is C.CC(C)C.CC(C)CC1=CCC=N1.CC(C)Cc1ccccc1.CC(N)=NCCCC(C)C.CCC(C)C.CC[C@@H](C)C(C)C.Cc1ccc(CC(C)C)cc1. The first kappa shape index (κ1) is 63.5. The lowest BCUT2D eigenvalue weighted by Crippen LogP contribution is -2.06. The van der Waals surface area contributed by atoms with Crippen LogP contribution in [0.1, 0.15) is 194 Å². The summed E-state index contributed by atoms with van der Waals surface area (Å²) in [6.07, 6.45) is 13.8. The van der Waals surface area contributed by atoms with Gasteiger partial charge in [-0.15, -0.1) is 0 Å². The Hall–Kier alpha value is -2.68. The van der Waals surface area contributed by atoms with Crippen molar-refractivity contribution in [1.29, 1.82) is 0 Å². The summed E-state index contributed by atoms with van der Waals surface area (Å²) in [6.45, 7) is 44.9. The van der Waals surface area contributed by atoms with Crippen LogP contribution < -0.4 is 5.73 Å². The van der Waals surface area contributed by atoms with Crippen LogP contribution in [-0.2, 0) is 12.8 Å². The predicted molar refractivity (Wildman–Crippen MR) is 268 cm³/mol. The second kappa shape index (κ2) is 42.9. The van der Waals surface area contributed by atoms with E-state index in [2.05, 4.69) is 202 Å². The number of nitrogens with two attached hydrogens (primary N) is 1. The molecule has 2 aromatic carbocycles. The summed E-state index contributed by atoms with van der Waals surface area (Å²) in [5, 5.41) is 0. The summed E-state index contributed by atoms with van der Waals surface area (Å²) in [6, 6.07) is 19.4. The van der Waals surface area contributed by atoms with Gasteiger partial charge in [-0.2, -0.15) is 0 Å². The topological polar surface area (TPSA) is 50.7 Å². The molecule has 3 nitrogen and oxygen atoms in total. The second-order valence-corrected chi connectivity index (χ2v) is 18.7. The van der Waals surface area contributed by atoms with E-state index in [1.165, 1.54) is 54.5 Å². The lowest BCUT2D eigenvalue weighted by atomic mass is 9.96. The Kier molecular flexibility index (Phi) is 47.8. The molecular formula is C54H103N3. The van der Waals surface area contributed by atoms with Gasteiger partial charge in [0.25, 0.3) is 0 Å². The molecule has 0 unspecified atom stereocenters. The lowest BCUT2D eigenvalue weighted by molar-refractivity contribution is 0.407. The molecule has 1 aliphatic heterocycles. The van der Waals surface area contributed by atoms with Crippen molar-refractivity contribution in [2.75, 3.05) is 6.54 Å². The Morgan fingerprint density at radius 2 is 1.07 bits per heavy atom. The van der Waals surface area contributed by atoms with Crippen LogP contribution in [0.3, 0.4) is 0 Å². The Balaban J connectivity index is -0.000000188. The first-order chi connectivity index (χ1) is 26.1. The van der Waals surface area contributed by atoms with Crippen molar-refractivity contribution < 1.29 is 0 Å². The van der Waals surface area contributed by atoms with Gasteiger partial charge < -0.3 is 5.73 Å². The first-order valence-electron chi connectivity index (χ1n) is 22.6. The van der Waals surface area contributed by atoms with E-state index in [-0.39, 0.29) is 7.43 Å². The third-order valence-corrected chi connectivity index (χ3v) is 8.48. The van der Waals surface area contributed by atoms with Crippen LogP contribution in [0.5, 0.6) is 0 Å². The van der Waals surface area contributed by atoms with Crippen molar-refractivity contribution in [3.63, 3.8) is 0 Å². The molecule has 1 atom stereocenters. The Labute approximate surface area is 360 Å². The molecule has 2 aromatic rings. The fraction of sp³-hybridized carbons (Fsp3) is 0.704. The van der Waals surface area contributed by atoms with E-state index in [1.807, 2.05) is 13.1 Å². The average Bonchev–Trinajstić information content (AvgIpc) is 3.61. The van der Waals surface area contributed by atoms with Gasteiger partial charge in [0.2, 0.25) is 0 Å². The van der Waals surface area contributed by atoms with Crippen LogP contribution in [0.4, 0.5) is 0 Å². The van der Waals surface area contributed by atoms with E-state index in [1.54, 1.807) is 0 Å². The number of hydrogen-bond acceptors (Lipinski definition) is 2. The van der Waals surface area contributed by atoms with E-state index in [4.69, 9.17) is 5.73 Å². The molecule has 334 valence electrons. The third kappa shape index (κ3) is 57.7. The lowest BCUT2D eigenvalue weighted by Gasteiger charge is -2.10.